The molecule has 1 aliphatic rings. The maximum Gasteiger partial charge on any atom is 0.387 e. The number of carbonyl (C=O) groups excluding carboxylic acids is 1. The number of aryl methyl sites for hydroxylation is 2. The zero-order chi connectivity index (χ0) is 18.8. The summed E-state index contributed by atoms with van der Waals surface area (Å²) < 4.78 is 28.7. The average molecular weight is 370 g/mol. The summed E-state index contributed by atoms with van der Waals surface area (Å²) in [5.41, 5.74) is 4.90. The number of benzene rings is 2. The van der Waals surface area contributed by atoms with Crippen LogP contribution in [0, 0.1) is 0 Å². The zero-order valence-corrected chi connectivity index (χ0v) is 14.7. The lowest BCUT2D eigenvalue weighted by molar-refractivity contribution is -0.0498. The van der Waals surface area contributed by atoms with Crippen molar-refractivity contribution in [3.05, 3.63) is 64.8 Å². The molecule has 3 aromatic rings. The number of para-hydroxylation sites is 1. The first-order chi connectivity index (χ1) is 13.1. The highest BCUT2D eigenvalue weighted by atomic mass is 19.3. The molecule has 27 heavy (non-hydrogen) atoms. The number of amides is 1. The van der Waals surface area contributed by atoms with Crippen molar-refractivity contribution in [2.24, 2.45) is 0 Å². The van der Waals surface area contributed by atoms with Crippen molar-refractivity contribution in [2.75, 3.05) is 0 Å². The van der Waals surface area contributed by atoms with Gasteiger partial charge in [0.25, 0.3) is 5.91 Å². The maximum atomic E-state index is 12.7. The van der Waals surface area contributed by atoms with Gasteiger partial charge in [-0.25, -0.2) is 0 Å². The monoisotopic (exact) mass is 370 g/mol. The predicted octanol–water partition coefficient (Wildman–Crippen LogP) is 4.58. The van der Waals surface area contributed by atoms with Gasteiger partial charge in [0.15, 0.2) is 0 Å². The predicted molar refractivity (Wildman–Crippen MR) is 99.2 cm³/mol. The van der Waals surface area contributed by atoms with Crippen molar-refractivity contribution in [1.29, 1.82) is 0 Å². The fourth-order valence-electron chi connectivity index (χ4n) is 3.69. The van der Waals surface area contributed by atoms with Crippen molar-refractivity contribution < 1.29 is 18.3 Å². The minimum Gasteiger partial charge on any atom is -0.435 e. The smallest absolute Gasteiger partial charge is 0.387 e. The van der Waals surface area contributed by atoms with Crippen LogP contribution in [-0.2, 0) is 19.4 Å². The van der Waals surface area contributed by atoms with E-state index in [1.807, 2.05) is 12.1 Å². The Morgan fingerprint density at radius 3 is 2.67 bits per heavy atom. The van der Waals surface area contributed by atoms with Crippen molar-refractivity contribution >= 4 is 16.8 Å². The molecular formula is C21H20F2N2O2. The molecular weight excluding hydrogens is 350 g/mol. The fourth-order valence-corrected chi connectivity index (χ4v) is 3.69. The Morgan fingerprint density at radius 1 is 1.11 bits per heavy atom. The number of rotatable bonds is 5. The molecule has 2 N–H and O–H groups in total. The van der Waals surface area contributed by atoms with Crippen molar-refractivity contribution in [2.45, 2.75) is 38.8 Å². The lowest BCUT2D eigenvalue weighted by Gasteiger charge is -2.10. The van der Waals surface area contributed by atoms with E-state index in [9.17, 15) is 13.6 Å². The van der Waals surface area contributed by atoms with E-state index < -0.39 is 6.61 Å². The normalized spacial score (nSPS) is 13.6. The number of aromatic nitrogens is 1. The van der Waals surface area contributed by atoms with Crippen molar-refractivity contribution in [3.63, 3.8) is 0 Å². The van der Waals surface area contributed by atoms with Crippen LogP contribution >= 0.6 is 0 Å². The molecule has 1 heterocycles. The highest BCUT2D eigenvalue weighted by Gasteiger charge is 2.19. The van der Waals surface area contributed by atoms with E-state index in [-0.39, 0.29) is 11.7 Å². The fraction of sp³-hybridized carbons (Fsp3) is 0.286. The van der Waals surface area contributed by atoms with Crippen molar-refractivity contribution in [1.82, 2.24) is 10.3 Å². The second-order valence-electron chi connectivity index (χ2n) is 6.72. The van der Waals surface area contributed by atoms with Crippen LogP contribution < -0.4 is 10.1 Å². The molecule has 0 aliphatic heterocycles. The number of hydrogen-bond acceptors (Lipinski definition) is 2. The Morgan fingerprint density at radius 2 is 1.89 bits per heavy atom. The van der Waals surface area contributed by atoms with Crippen LogP contribution in [0.15, 0.2) is 42.5 Å². The van der Waals surface area contributed by atoms with E-state index in [4.69, 9.17) is 0 Å². The highest BCUT2D eigenvalue weighted by molar-refractivity contribution is 6.06. The molecule has 0 atom stereocenters. The summed E-state index contributed by atoms with van der Waals surface area (Å²) in [4.78, 5) is 16.1. The van der Waals surface area contributed by atoms with Gasteiger partial charge in [-0.15, -0.1) is 0 Å². The topological polar surface area (TPSA) is 54.1 Å². The van der Waals surface area contributed by atoms with Crippen LogP contribution in [0.4, 0.5) is 8.78 Å². The minimum absolute atomic E-state index is 0.0989. The van der Waals surface area contributed by atoms with Crippen LogP contribution in [0.2, 0.25) is 0 Å². The number of aromatic amines is 1. The molecule has 2 aromatic carbocycles. The molecule has 6 heteroatoms. The Hall–Kier alpha value is -2.89. The SMILES string of the molecule is O=C(NCc1ccc(OC(F)F)cc1)c1cccc2c3c([nH]c12)CCCC3. The summed E-state index contributed by atoms with van der Waals surface area (Å²) >= 11 is 0. The summed E-state index contributed by atoms with van der Waals surface area (Å²) in [6.45, 7) is -2.53. The van der Waals surface area contributed by atoms with Crippen LogP contribution in [0.25, 0.3) is 10.9 Å². The second-order valence-corrected chi connectivity index (χ2v) is 6.72. The molecule has 1 aliphatic carbocycles. The van der Waals surface area contributed by atoms with Gasteiger partial charge < -0.3 is 15.0 Å². The molecule has 140 valence electrons. The molecule has 1 amide bonds. The van der Waals surface area contributed by atoms with Gasteiger partial charge in [0.05, 0.1) is 11.1 Å². The first-order valence-corrected chi connectivity index (χ1v) is 9.06. The van der Waals surface area contributed by atoms with Crippen molar-refractivity contribution in [3.8, 4) is 5.75 Å². The average Bonchev–Trinajstić information content (AvgIpc) is 3.05. The van der Waals surface area contributed by atoms with Gasteiger partial charge in [0, 0.05) is 17.6 Å². The molecule has 0 saturated carbocycles. The standard InChI is InChI=1S/C21H20F2N2O2/c22-21(23)27-14-10-8-13(9-11-14)12-24-20(26)17-6-3-5-16-15-4-1-2-7-18(15)25-19(16)17/h3,5-6,8-11,21,25H,1-2,4,7,12H2,(H,24,26). The third-order valence-corrected chi connectivity index (χ3v) is 4.98. The van der Waals surface area contributed by atoms with Crippen LogP contribution in [-0.4, -0.2) is 17.5 Å². The third-order valence-electron chi connectivity index (χ3n) is 4.98. The first-order valence-electron chi connectivity index (χ1n) is 9.06. The number of ether oxygens (including phenoxy) is 1. The Labute approximate surface area is 155 Å². The molecule has 0 spiro atoms. The maximum absolute atomic E-state index is 12.7. The van der Waals surface area contributed by atoms with E-state index >= 15 is 0 Å². The van der Waals surface area contributed by atoms with Crippen LogP contribution in [0.1, 0.15) is 40.0 Å². The van der Waals surface area contributed by atoms with Gasteiger partial charge >= 0.3 is 6.61 Å². The molecule has 0 fully saturated rings. The number of H-pyrrole nitrogens is 1. The Balaban J connectivity index is 1.49. The summed E-state index contributed by atoms with van der Waals surface area (Å²) in [5.74, 6) is -0.0612. The molecule has 0 bridgehead atoms. The number of halogens is 2. The minimum atomic E-state index is -2.84. The van der Waals surface area contributed by atoms with Gasteiger partial charge in [-0.3, -0.25) is 4.79 Å². The largest absolute Gasteiger partial charge is 0.435 e. The lowest BCUT2D eigenvalue weighted by Crippen LogP contribution is -2.23. The van der Waals surface area contributed by atoms with Gasteiger partial charge in [-0.2, -0.15) is 8.78 Å². The van der Waals surface area contributed by atoms with E-state index in [1.54, 1.807) is 12.1 Å². The van der Waals surface area contributed by atoms with Crippen LogP contribution in [0.3, 0.4) is 0 Å². The quantitative estimate of drug-likeness (QED) is 0.691. The molecule has 0 radical (unpaired) electrons. The number of fused-ring (bicyclic) bond motifs is 3. The molecule has 4 nitrogen and oxygen atoms in total. The zero-order valence-electron chi connectivity index (χ0n) is 14.7. The summed E-state index contributed by atoms with van der Waals surface area (Å²) in [7, 11) is 0. The van der Waals surface area contributed by atoms with E-state index in [1.165, 1.54) is 36.2 Å². The lowest BCUT2D eigenvalue weighted by atomic mass is 9.95. The number of nitrogens with one attached hydrogen (secondary N) is 2. The van der Waals surface area contributed by atoms with Gasteiger partial charge in [-0.05, 0) is 55.0 Å². The van der Waals surface area contributed by atoms with Gasteiger partial charge in [0.2, 0.25) is 0 Å². The number of alkyl halides is 2. The number of carbonyl (C=O) groups is 1. The van der Waals surface area contributed by atoms with E-state index in [0.717, 1.165) is 29.3 Å². The Kier molecular flexibility index (Phi) is 4.79. The first kappa shape index (κ1) is 17.5. The summed E-state index contributed by atoms with van der Waals surface area (Å²) in [5, 5.41) is 4.03. The highest BCUT2D eigenvalue weighted by Crippen LogP contribution is 2.30. The van der Waals surface area contributed by atoms with E-state index in [0.29, 0.717) is 12.1 Å². The summed E-state index contributed by atoms with van der Waals surface area (Å²) in [6, 6.07) is 12.0. The molecule has 4 rings (SSSR count). The van der Waals surface area contributed by atoms with Gasteiger partial charge in [0.1, 0.15) is 5.75 Å². The Bertz CT molecular complexity index is 964. The molecule has 1 aromatic heterocycles. The summed E-state index contributed by atoms with van der Waals surface area (Å²) in [6.07, 6.45) is 4.43. The van der Waals surface area contributed by atoms with E-state index in [2.05, 4.69) is 21.1 Å². The second kappa shape index (κ2) is 7.39. The molecule has 0 saturated heterocycles. The van der Waals surface area contributed by atoms with Gasteiger partial charge in [-0.1, -0.05) is 24.3 Å². The number of hydrogen-bond donors (Lipinski definition) is 2. The van der Waals surface area contributed by atoms with Crippen LogP contribution in [0.5, 0.6) is 5.75 Å². The third kappa shape index (κ3) is 3.65. The molecule has 0 unspecified atom stereocenters.